The minimum Gasteiger partial charge on any atom is -0.375 e. The molecule has 0 aliphatic carbocycles. The molecule has 0 bridgehead atoms. The highest BCUT2D eigenvalue weighted by Gasteiger charge is 2.37. The third kappa shape index (κ3) is 1.05. The first kappa shape index (κ1) is 5.75. The van der Waals surface area contributed by atoms with E-state index >= 15 is 0 Å². The van der Waals surface area contributed by atoms with Gasteiger partial charge in [0.25, 0.3) is 0 Å². The van der Waals surface area contributed by atoms with Gasteiger partial charge in [0, 0.05) is 4.43 Å². The van der Waals surface area contributed by atoms with Crippen molar-refractivity contribution >= 4 is 22.6 Å². The quantitative estimate of drug-likeness (QED) is 0.472. The van der Waals surface area contributed by atoms with Gasteiger partial charge in [-0.1, -0.05) is 22.6 Å². The van der Waals surface area contributed by atoms with Gasteiger partial charge in [-0.25, -0.2) is 4.39 Å². The maximum Gasteiger partial charge on any atom is 0.166 e. The van der Waals surface area contributed by atoms with Crippen LogP contribution in [-0.4, -0.2) is 23.3 Å². The number of hydrogen-bond donors (Lipinski definition) is 0. The van der Waals surface area contributed by atoms with E-state index in [1.54, 1.807) is 0 Å². The van der Waals surface area contributed by atoms with Gasteiger partial charge in [0.15, 0.2) is 5.67 Å². The molecule has 0 spiro atoms. The second-order valence-electron chi connectivity index (χ2n) is 1.78. The van der Waals surface area contributed by atoms with E-state index < -0.39 is 5.67 Å². The van der Waals surface area contributed by atoms with Crippen LogP contribution in [0, 0.1) is 0 Å². The Morgan fingerprint density at radius 2 is 2.29 bits per heavy atom. The van der Waals surface area contributed by atoms with Crippen molar-refractivity contribution < 1.29 is 9.13 Å². The zero-order valence-corrected chi connectivity index (χ0v) is 5.94. The van der Waals surface area contributed by atoms with E-state index in [2.05, 4.69) is 4.74 Å². The smallest absolute Gasteiger partial charge is 0.166 e. The lowest BCUT2D eigenvalue weighted by Crippen LogP contribution is -2.46. The molecule has 0 amide bonds. The molecule has 0 aromatic carbocycles. The summed E-state index contributed by atoms with van der Waals surface area (Å²) in [5.74, 6) is 0. The summed E-state index contributed by atoms with van der Waals surface area (Å²) >= 11 is 2.03. The highest BCUT2D eigenvalue weighted by molar-refractivity contribution is 14.1. The summed E-state index contributed by atoms with van der Waals surface area (Å²) in [7, 11) is 0. The van der Waals surface area contributed by atoms with Crippen molar-refractivity contribution in [3.63, 3.8) is 0 Å². The molecule has 1 nitrogen and oxygen atoms in total. The number of rotatable bonds is 1. The fraction of sp³-hybridized carbons (Fsp3) is 1.00. The molecule has 0 unspecified atom stereocenters. The lowest BCUT2D eigenvalue weighted by molar-refractivity contribution is -0.113. The van der Waals surface area contributed by atoms with Gasteiger partial charge in [-0.15, -0.1) is 0 Å². The lowest BCUT2D eigenvalue weighted by Gasteiger charge is -2.31. The summed E-state index contributed by atoms with van der Waals surface area (Å²) in [6, 6.07) is 0. The Kier molecular flexibility index (Phi) is 1.52. The number of hydrogen-bond acceptors (Lipinski definition) is 1. The van der Waals surface area contributed by atoms with Crippen LogP contribution in [0.1, 0.15) is 0 Å². The molecule has 42 valence electrons. The molecule has 7 heavy (non-hydrogen) atoms. The molecule has 1 aliphatic rings. The van der Waals surface area contributed by atoms with Crippen LogP contribution in [-0.2, 0) is 4.74 Å². The second-order valence-corrected chi connectivity index (χ2v) is 2.54. The monoisotopic (exact) mass is 216 g/mol. The van der Waals surface area contributed by atoms with Crippen LogP contribution in [0.15, 0.2) is 0 Å². The maximum absolute atomic E-state index is 12.5. The SMILES string of the molecule is FC1(CI)COC1. The maximum atomic E-state index is 12.5. The van der Waals surface area contributed by atoms with Crippen molar-refractivity contribution in [2.75, 3.05) is 17.6 Å². The average molecular weight is 216 g/mol. The average Bonchev–Trinajstić information content (AvgIpc) is 1.61. The zero-order valence-electron chi connectivity index (χ0n) is 3.79. The van der Waals surface area contributed by atoms with Gasteiger partial charge in [0.2, 0.25) is 0 Å². The van der Waals surface area contributed by atoms with Crippen LogP contribution in [0.25, 0.3) is 0 Å². The predicted octanol–water partition coefficient (Wildman–Crippen LogP) is 1.16. The standard InChI is InChI=1S/C4H6FIO/c5-4(1-6)2-7-3-4/h1-3H2. The third-order valence-corrected chi connectivity index (χ3v) is 2.33. The van der Waals surface area contributed by atoms with E-state index in [0.717, 1.165) is 0 Å². The van der Waals surface area contributed by atoms with Crippen molar-refractivity contribution in [2.24, 2.45) is 0 Å². The molecule has 0 saturated carbocycles. The van der Waals surface area contributed by atoms with Crippen molar-refractivity contribution in [1.82, 2.24) is 0 Å². The molecule has 0 atom stereocenters. The Bertz CT molecular complexity index is 66.6. The van der Waals surface area contributed by atoms with Gasteiger partial charge in [0.1, 0.15) is 0 Å². The molecular formula is C4H6FIO. The molecule has 0 N–H and O–H groups in total. The molecule has 1 saturated heterocycles. The van der Waals surface area contributed by atoms with Crippen molar-refractivity contribution in [1.29, 1.82) is 0 Å². The van der Waals surface area contributed by atoms with E-state index in [9.17, 15) is 4.39 Å². The van der Waals surface area contributed by atoms with Gasteiger partial charge < -0.3 is 4.74 Å². The summed E-state index contributed by atoms with van der Waals surface area (Å²) in [4.78, 5) is 0. The Morgan fingerprint density at radius 1 is 1.71 bits per heavy atom. The van der Waals surface area contributed by atoms with E-state index in [0.29, 0.717) is 17.6 Å². The highest BCUT2D eigenvalue weighted by atomic mass is 127. The summed E-state index contributed by atoms with van der Waals surface area (Å²) in [5.41, 5.74) is -0.972. The minimum atomic E-state index is -0.972. The van der Waals surface area contributed by atoms with E-state index in [4.69, 9.17) is 0 Å². The fourth-order valence-electron chi connectivity index (χ4n) is 0.401. The van der Waals surface area contributed by atoms with Crippen LogP contribution in [0.3, 0.4) is 0 Å². The van der Waals surface area contributed by atoms with Crippen molar-refractivity contribution in [2.45, 2.75) is 5.67 Å². The molecule has 0 radical (unpaired) electrons. The Morgan fingerprint density at radius 3 is 2.29 bits per heavy atom. The molecule has 1 aliphatic heterocycles. The molecule has 3 heteroatoms. The number of ether oxygens (including phenoxy) is 1. The molecule has 1 rings (SSSR count). The van der Waals surface area contributed by atoms with Gasteiger partial charge in [-0.3, -0.25) is 0 Å². The van der Waals surface area contributed by atoms with Crippen molar-refractivity contribution in [3.05, 3.63) is 0 Å². The molecule has 0 aromatic heterocycles. The first-order chi connectivity index (χ1) is 3.27. The molecule has 0 aromatic rings. The van der Waals surface area contributed by atoms with E-state index in [1.165, 1.54) is 0 Å². The third-order valence-electron chi connectivity index (χ3n) is 0.961. The molecular weight excluding hydrogens is 210 g/mol. The van der Waals surface area contributed by atoms with Gasteiger partial charge >= 0.3 is 0 Å². The summed E-state index contributed by atoms with van der Waals surface area (Å²) < 4.78 is 17.7. The predicted molar refractivity (Wildman–Crippen MR) is 33.5 cm³/mol. The summed E-state index contributed by atoms with van der Waals surface area (Å²) in [6.07, 6.45) is 0. The summed E-state index contributed by atoms with van der Waals surface area (Å²) in [5, 5.41) is 0. The Labute approximate surface area is 55.4 Å². The van der Waals surface area contributed by atoms with Crippen LogP contribution in [0.4, 0.5) is 4.39 Å². The molecule has 1 fully saturated rings. The van der Waals surface area contributed by atoms with Crippen LogP contribution in [0.5, 0.6) is 0 Å². The molecule has 1 heterocycles. The summed E-state index contributed by atoms with van der Waals surface area (Å²) in [6.45, 7) is 0.603. The van der Waals surface area contributed by atoms with Crippen LogP contribution in [0.2, 0.25) is 0 Å². The van der Waals surface area contributed by atoms with Gasteiger partial charge in [-0.2, -0.15) is 0 Å². The number of alkyl halides is 2. The zero-order chi connectivity index (χ0) is 5.33. The lowest BCUT2D eigenvalue weighted by atomic mass is 10.1. The van der Waals surface area contributed by atoms with Gasteiger partial charge in [0.05, 0.1) is 13.2 Å². The normalized spacial score (nSPS) is 26.6. The van der Waals surface area contributed by atoms with E-state index in [1.807, 2.05) is 22.6 Å². The second kappa shape index (κ2) is 1.85. The first-order valence-corrected chi connectivity index (χ1v) is 3.62. The Hall–Kier alpha value is 0.620. The van der Waals surface area contributed by atoms with E-state index in [-0.39, 0.29) is 0 Å². The minimum absolute atomic E-state index is 0.302. The van der Waals surface area contributed by atoms with Gasteiger partial charge in [-0.05, 0) is 0 Å². The van der Waals surface area contributed by atoms with Crippen LogP contribution < -0.4 is 0 Å². The van der Waals surface area contributed by atoms with Crippen LogP contribution >= 0.6 is 22.6 Å². The first-order valence-electron chi connectivity index (χ1n) is 2.09. The fourth-order valence-corrected chi connectivity index (χ4v) is 0.841. The highest BCUT2D eigenvalue weighted by Crippen LogP contribution is 2.23. The van der Waals surface area contributed by atoms with Crippen molar-refractivity contribution in [3.8, 4) is 0 Å². The Balaban J connectivity index is 2.29. The largest absolute Gasteiger partial charge is 0.375 e. The number of halogens is 2. The topological polar surface area (TPSA) is 9.23 Å².